The Morgan fingerprint density at radius 3 is 2.25 bits per heavy atom. The molecule has 0 aromatic heterocycles. The van der Waals surface area contributed by atoms with Gasteiger partial charge in [-0.3, -0.25) is 0 Å². The van der Waals surface area contributed by atoms with Gasteiger partial charge < -0.3 is 0 Å². The summed E-state index contributed by atoms with van der Waals surface area (Å²) >= 11 is 0. The molecule has 66 valence electrons. The van der Waals surface area contributed by atoms with Crippen molar-refractivity contribution in [1.82, 2.24) is 0 Å². The number of benzene rings is 1. The van der Waals surface area contributed by atoms with Crippen LogP contribution in [0.1, 0.15) is 19.4 Å². The summed E-state index contributed by atoms with van der Waals surface area (Å²) in [6.45, 7) is 4.02. The Labute approximate surface area is 84.5 Å². The monoisotopic (exact) mass is 206 g/mol. The SMILES string of the molecule is CC(C)=C=[C-]c1ccccc1.[Cu+]. The molecule has 0 aliphatic heterocycles. The van der Waals surface area contributed by atoms with E-state index in [-0.39, 0.29) is 17.1 Å². The van der Waals surface area contributed by atoms with Gasteiger partial charge in [-0.25, -0.2) is 5.73 Å². The fourth-order valence-corrected chi connectivity index (χ4v) is 0.719. The standard InChI is InChI=1S/C11H11.Cu/c1-10(2)8-9-11-6-4-3-5-7-11;/h3-7H,1-2H3;/q-1;+1. The molecule has 1 rings (SSSR count). The van der Waals surface area contributed by atoms with Crippen molar-refractivity contribution in [2.24, 2.45) is 0 Å². The number of rotatable bonds is 1. The van der Waals surface area contributed by atoms with Gasteiger partial charge in [0.05, 0.1) is 0 Å². The zero-order chi connectivity index (χ0) is 8.10. The van der Waals surface area contributed by atoms with Gasteiger partial charge in [-0.15, -0.1) is 35.4 Å². The van der Waals surface area contributed by atoms with Crippen molar-refractivity contribution in [2.75, 3.05) is 0 Å². The number of hydrogen-bond acceptors (Lipinski definition) is 0. The van der Waals surface area contributed by atoms with E-state index in [1.807, 2.05) is 44.2 Å². The Morgan fingerprint density at radius 1 is 1.17 bits per heavy atom. The van der Waals surface area contributed by atoms with Crippen LogP contribution in [0, 0.1) is 6.08 Å². The zero-order valence-electron chi connectivity index (χ0n) is 7.19. The van der Waals surface area contributed by atoms with E-state index in [2.05, 4.69) is 11.8 Å². The summed E-state index contributed by atoms with van der Waals surface area (Å²) in [6, 6.07) is 10.0. The molecule has 0 N–H and O–H groups in total. The molecule has 0 amide bonds. The van der Waals surface area contributed by atoms with Crippen molar-refractivity contribution in [3.05, 3.63) is 53.3 Å². The summed E-state index contributed by atoms with van der Waals surface area (Å²) in [4.78, 5) is 0. The fourth-order valence-electron chi connectivity index (χ4n) is 0.719. The Balaban J connectivity index is 0.00000121. The average molecular weight is 207 g/mol. The third-order valence-electron chi connectivity index (χ3n) is 1.23. The third kappa shape index (κ3) is 4.20. The molecule has 0 saturated carbocycles. The molecule has 0 aliphatic rings. The molecule has 1 aromatic carbocycles. The predicted molar refractivity (Wildman–Crippen MR) is 47.2 cm³/mol. The molecular formula is C11H11Cu. The summed E-state index contributed by atoms with van der Waals surface area (Å²) in [5.41, 5.74) is 5.25. The molecular weight excluding hydrogens is 196 g/mol. The maximum absolute atomic E-state index is 3.06. The number of allylic oxidation sites excluding steroid dienone is 1. The topological polar surface area (TPSA) is 0 Å². The first kappa shape index (κ1) is 11.3. The molecule has 0 unspecified atom stereocenters. The van der Waals surface area contributed by atoms with Crippen molar-refractivity contribution in [2.45, 2.75) is 13.8 Å². The van der Waals surface area contributed by atoms with E-state index < -0.39 is 0 Å². The second-order valence-electron chi connectivity index (χ2n) is 2.62. The van der Waals surface area contributed by atoms with Crippen molar-refractivity contribution >= 4 is 0 Å². The summed E-state index contributed by atoms with van der Waals surface area (Å²) in [5.74, 6) is 0. The van der Waals surface area contributed by atoms with E-state index in [4.69, 9.17) is 0 Å². The van der Waals surface area contributed by atoms with Crippen molar-refractivity contribution in [3.8, 4) is 0 Å². The molecule has 0 heterocycles. The molecule has 12 heavy (non-hydrogen) atoms. The van der Waals surface area contributed by atoms with Crippen molar-refractivity contribution in [1.29, 1.82) is 0 Å². The largest absolute Gasteiger partial charge is 1.00 e. The molecule has 0 fully saturated rings. The first-order valence-corrected chi connectivity index (χ1v) is 3.66. The van der Waals surface area contributed by atoms with Crippen LogP contribution < -0.4 is 0 Å². The van der Waals surface area contributed by atoms with Crippen LogP contribution in [0.5, 0.6) is 0 Å². The van der Waals surface area contributed by atoms with Gasteiger partial charge in [0.25, 0.3) is 0 Å². The van der Waals surface area contributed by atoms with Gasteiger partial charge in [-0.05, 0) is 0 Å². The second kappa shape index (κ2) is 5.85. The second-order valence-corrected chi connectivity index (χ2v) is 2.62. The minimum Gasteiger partial charge on any atom is -0.223 e. The van der Waals surface area contributed by atoms with Crippen LogP contribution in [0.2, 0.25) is 0 Å². The van der Waals surface area contributed by atoms with Gasteiger partial charge in [-0.1, -0.05) is 26.0 Å². The Bertz CT molecular complexity index is 275. The Morgan fingerprint density at radius 2 is 1.75 bits per heavy atom. The molecule has 0 nitrogen and oxygen atoms in total. The molecule has 0 spiro atoms. The Hall–Kier alpha value is -0.741. The van der Waals surface area contributed by atoms with Gasteiger partial charge in [0.15, 0.2) is 0 Å². The predicted octanol–water partition coefficient (Wildman–Crippen LogP) is 2.96. The molecule has 0 aliphatic carbocycles. The normalized spacial score (nSPS) is 7.83. The van der Waals surface area contributed by atoms with Crippen LogP contribution in [0.25, 0.3) is 0 Å². The fraction of sp³-hybridized carbons (Fsp3) is 0.182. The molecule has 0 saturated heterocycles. The van der Waals surface area contributed by atoms with Crippen molar-refractivity contribution in [3.63, 3.8) is 0 Å². The quantitative estimate of drug-likeness (QED) is 0.377. The van der Waals surface area contributed by atoms with E-state index in [0.717, 1.165) is 11.1 Å². The summed E-state index contributed by atoms with van der Waals surface area (Å²) in [5, 5.41) is 0. The van der Waals surface area contributed by atoms with E-state index in [1.165, 1.54) is 0 Å². The van der Waals surface area contributed by atoms with E-state index in [9.17, 15) is 0 Å². The molecule has 1 heteroatoms. The van der Waals surface area contributed by atoms with E-state index >= 15 is 0 Å². The molecule has 0 atom stereocenters. The molecule has 0 bridgehead atoms. The summed E-state index contributed by atoms with van der Waals surface area (Å²) in [7, 11) is 0. The minimum atomic E-state index is 0. The van der Waals surface area contributed by atoms with Crippen LogP contribution in [-0.4, -0.2) is 0 Å². The molecule has 0 radical (unpaired) electrons. The summed E-state index contributed by atoms with van der Waals surface area (Å²) < 4.78 is 0. The van der Waals surface area contributed by atoms with Gasteiger partial charge >= 0.3 is 17.1 Å². The van der Waals surface area contributed by atoms with Crippen LogP contribution in [0.4, 0.5) is 0 Å². The third-order valence-corrected chi connectivity index (χ3v) is 1.23. The van der Waals surface area contributed by atoms with E-state index in [0.29, 0.717) is 0 Å². The maximum Gasteiger partial charge on any atom is 1.00 e. The number of hydrogen-bond donors (Lipinski definition) is 0. The first-order valence-electron chi connectivity index (χ1n) is 3.66. The average Bonchev–Trinajstić information content (AvgIpc) is 2.03. The van der Waals surface area contributed by atoms with Crippen LogP contribution in [-0.2, 0) is 17.1 Å². The van der Waals surface area contributed by atoms with Crippen LogP contribution >= 0.6 is 0 Å². The van der Waals surface area contributed by atoms with Gasteiger partial charge in [0, 0.05) is 0 Å². The van der Waals surface area contributed by atoms with Crippen LogP contribution in [0.15, 0.2) is 41.6 Å². The van der Waals surface area contributed by atoms with Crippen molar-refractivity contribution < 1.29 is 17.1 Å². The first-order chi connectivity index (χ1) is 5.29. The van der Waals surface area contributed by atoms with E-state index in [1.54, 1.807) is 0 Å². The summed E-state index contributed by atoms with van der Waals surface area (Å²) in [6.07, 6.45) is 3.06. The molecule has 1 aromatic rings. The van der Waals surface area contributed by atoms with Gasteiger partial charge in [0.2, 0.25) is 0 Å². The Kier molecular flexibility index (Phi) is 5.49. The van der Waals surface area contributed by atoms with Gasteiger partial charge in [0.1, 0.15) is 0 Å². The maximum atomic E-state index is 3.06. The van der Waals surface area contributed by atoms with Gasteiger partial charge in [-0.2, -0.15) is 0 Å². The zero-order valence-corrected chi connectivity index (χ0v) is 8.13. The smallest absolute Gasteiger partial charge is 0.223 e. The minimum absolute atomic E-state index is 0. The van der Waals surface area contributed by atoms with Crippen LogP contribution in [0.3, 0.4) is 0 Å².